The lowest BCUT2D eigenvalue weighted by Gasteiger charge is -2.35. The van der Waals surface area contributed by atoms with Gasteiger partial charge in [-0.25, -0.2) is 0 Å². The molecule has 0 saturated heterocycles. The molecule has 114 valence electrons. The van der Waals surface area contributed by atoms with Crippen molar-refractivity contribution in [1.29, 1.82) is 0 Å². The second-order valence-corrected chi connectivity index (χ2v) is 5.21. The van der Waals surface area contributed by atoms with Crippen LogP contribution in [0, 0.1) is 0 Å². The molecular formula is C14H30N2O3. The van der Waals surface area contributed by atoms with Crippen molar-refractivity contribution in [3.63, 3.8) is 0 Å². The number of likely N-dealkylation sites (N-methyl/N-ethyl adjacent to an activating group) is 1. The molecule has 0 aromatic carbocycles. The first-order valence-corrected chi connectivity index (χ1v) is 7.36. The third-order valence-corrected chi connectivity index (χ3v) is 3.74. The van der Waals surface area contributed by atoms with Crippen molar-refractivity contribution >= 4 is 0 Å². The summed E-state index contributed by atoms with van der Waals surface area (Å²) < 4.78 is 15.8. The van der Waals surface area contributed by atoms with Crippen LogP contribution < -0.4 is 5.73 Å². The van der Waals surface area contributed by atoms with Crippen molar-refractivity contribution in [2.75, 3.05) is 53.7 Å². The number of ether oxygens (including phenoxy) is 3. The molecule has 0 bridgehead atoms. The highest BCUT2D eigenvalue weighted by Crippen LogP contribution is 2.20. The van der Waals surface area contributed by atoms with Crippen molar-refractivity contribution in [2.45, 2.75) is 37.8 Å². The quantitative estimate of drug-likeness (QED) is 0.599. The third-order valence-electron chi connectivity index (χ3n) is 3.74. The predicted octanol–water partition coefficient (Wildman–Crippen LogP) is 0.868. The van der Waals surface area contributed by atoms with E-state index in [2.05, 4.69) is 11.9 Å². The SMILES string of the molecule is COCCOCCOCCN(C)C1CCCCC1N. The number of nitrogens with two attached hydrogens (primary N) is 1. The van der Waals surface area contributed by atoms with Gasteiger partial charge in [-0.3, -0.25) is 4.90 Å². The molecule has 2 atom stereocenters. The topological polar surface area (TPSA) is 57.0 Å². The largest absolute Gasteiger partial charge is 0.382 e. The summed E-state index contributed by atoms with van der Waals surface area (Å²) in [6.45, 7) is 4.24. The molecule has 19 heavy (non-hydrogen) atoms. The van der Waals surface area contributed by atoms with Gasteiger partial charge in [0.15, 0.2) is 0 Å². The number of methoxy groups -OCH3 is 1. The van der Waals surface area contributed by atoms with E-state index < -0.39 is 0 Å². The Kier molecular flexibility index (Phi) is 9.38. The van der Waals surface area contributed by atoms with Crippen molar-refractivity contribution < 1.29 is 14.2 Å². The molecule has 5 nitrogen and oxygen atoms in total. The summed E-state index contributed by atoms with van der Waals surface area (Å²) in [5.41, 5.74) is 6.16. The van der Waals surface area contributed by atoms with Crippen LogP contribution in [0.2, 0.25) is 0 Å². The van der Waals surface area contributed by atoms with E-state index in [0.717, 1.165) is 19.6 Å². The van der Waals surface area contributed by atoms with Crippen LogP contribution >= 0.6 is 0 Å². The van der Waals surface area contributed by atoms with Crippen molar-refractivity contribution in [3.05, 3.63) is 0 Å². The second kappa shape index (κ2) is 10.6. The lowest BCUT2D eigenvalue weighted by molar-refractivity contribution is 0.0167. The second-order valence-electron chi connectivity index (χ2n) is 5.21. The Morgan fingerprint density at radius 2 is 1.63 bits per heavy atom. The summed E-state index contributed by atoms with van der Waals surface area (Å²) in [7, 11) is 3.82. The molecule has 2 unspecified atom stereocenters. The van der Waals surface area contributed by atoms with Crippen LogP contribution in [0.3, 0.4) is 0 Å². The Bertz CT molecular complexity index is 217. The van der Waals surface area contributed by atoms with Gasteiger partial charge in [0.1, 0.15) is 0 Å². The fourth-order valence-corrected chi connectivity index (χ4v) is 2.53. The Balaban J connectivity index is 1.96. The zero-order chi connectivity index (χ0) is 13.9. The predicted molar refractivity (Wildman–Crippen MR) is 76.4 cm³/mol. The van der Waals surface area contributed by atoms with Gasteiger partial charge < -0.3 is 19.9 Å². The molecule has 0 aromatic heterocycles. The molecule has 0 radical (unpaired) electrons. The Labute approximate surface area is 117 Å². The molecule has 2 N–H and O–H groups in total. The first kappa shape index (κ1) is 16.9. The van der Waals surface area contributed by atoms with Crippen LogP contribution in [-0.4, -0.2) is 70.7 Å². The van der Waals surface area contributed by atoms with Crippen LogP contribution in [0.1, 0.15) is 25.7 Å². The normalized spacial score (nSPS) is 24.0. The van der Waals surface area contributed by atoms with E-state index in [-0.39, 0.29) is 0 Å². The Morgan fingerprint density at radius 3 is 2.32 bits per heavy atom. The molecule has 1 fully saturated rings. The molecule has 1 rings (SSSR count). The molecule has 0 amide bonds. The minimum Gasteiger partial charge on any atom is -0.382 e. The van der Waals surface area contributed by atoms with Gasteiger partial charge in [-0.1, -0.05) is 12.8 Å². The van der Waals surface area contributed by atoms with Gasteiger partial charge in [-0.2, -0.15) is 0 Å². The van der Waals surface area contributed by atoms with Crippen LogP contribution in [0.4, 0.5) is 0 Å². The van der Waals surface area contributed by atoms with Gasteiger partial charge >= 0.3 is 0 Å². The average Bonchev–Trinajstić information content (AvgIpc) is 2.42. The summed E-state index contributed by atoms with van der Waals surface area (Å²) in [5.74, 6) is 0. The number of hydrogen-bond donors (Lipinski definition) is 1. The van der Waals surface area contributed by atoms with Gasteiger partial charge in [0.25, 0.3) is 0 Å². The smallest absolute Gasteiger partial charge is 0.0701 e. The zero-order valence-corrected chi connectivity index (χ0v) is 12.5. The Hall–Kier alpha value is -0.200. The van der Waals surface area contributed by atoms with Crippen LogP contribution in [-0.2, 0) is 14.2 Å². The van der Waals surface area contributed by atoms with Gasteiger partial charge in [0.2, 0.25) is 0 Å². The van der Waals surface area contributed by atoms with Gasteiger partial charge in [-0.05, 0) is 19.9 Å². The molecule has 0 spiro atoms. The highest BCUT2D eigenvalue weighted by Gasteiger charge is 2.24. The van der Waals surface area contributed by atoms with Crippen molar-refractivity contribution in [2.24, 2.45) is 5.73 Å². The fourth-order valence-electron chi connectivity index (χ4n) is 2.53. The van der Waals surface area contributed by atoms with Gasteiger partial charge in [-0.15, -0.1) is 0 Å². The van der Waals surface area contributed by atoms with Crippen molar-refractivity contribution in [3.8, 4) is 0 Å². The van der Waals surface area contributed by atoms with Crippen LogP contribution in [0.5, 0.6) is 0 Å². The number of nitrogens with zero attached hydrogens (tertiary/aromatic N) is 1. The fraction of sp³-hybridized carbons (Fsp3) is 1.00. The van der Waals surface area contributed by atoms with E-state index in [9.17, 15) is 0 Å². The van der Waals surface area contributed by atoms with E-state index >= 15 is 0 Å². The van der Waals surface area contributed by atoms with E-state index in [4.69, 9.17) is 19.9 Å². The van der Waals surface area contributed by atoms with Crippen molar-refractivity contribution in [1.82, 2.24) is 4.90 Å². The summed E-state index contributed by atoms with van der Waals surface area (Å²) in [6.07, 6.45) is 4.96. The molecule has 1 aliphatic rings. The Morgan fingerprint density at radius 1 is 1.00 bits per heavy atom. The third kappa shape index (κ3) is 7.22. The minimum atomic E-state index is 0.330. The zero-order valence-electron chi connectivity index (χ0n) is 12.5. The monoisotopic (exact) mass is 274 g/mol. The molecule has 1 aliphatic carbocycles. The van der Waals surface area contributed by atoms with E-state index in [0.29, 0.717) is 38.5 Å². The molecule has 1 saturated carbocycles. The number of rotatable bonds is 10. The molecular weight excluding hydrogens is 244 g/mol. The maximum absolute atomic E-state index is 6.16. The first-order chi connectivity index (χ1) is 9.25. The average molecular weight is 274 g/mol. The molecule has 5 heteroatoms. The summed E-state index contributed by atoms with van der Waals surface area (Å²) >= 11 is 0. The first-order valence-electron chi connectivity index (χ1n) is 7.36. The minimum absolute atomic E-state index is 0.330. The van der Waals surface area contributed by atoms with Gasteiger partial charge in [0.05, 0.1) is 33.0 Å². The maximum atomic E-state index is 6.16. The van der Waals surface area contributed by atoms with Crippen LogP contribution in [0.15, 0.2) is 0 Å². The number of hydrogen-bond acceptors (Lipinski definition) is 5. The maximum Gasteiger partial charge on any atom is 0.0701 e. The van der Waals surface area contributed by atoms with E-state index in [1.165, 1.54) is 19.3 Å². The molecule has 0 heterocycles. The summed E-state index contributed by atoms with van der Waals surface area (Å²) in [5, 5.41) is 0. The molecule has 0 aromatic rings. The van der Waals surface area contributed by atoms with E-state index in [1.54, 1.807) is 7.11 Å². The summed E-state index contributed by atoms with van der Waals surface area (Å²) in [4.78, 5) is 2.34. The van der Waals surface area contributed by atoms with Crippen LogP contribution in [0.25, 0.3) is 0 Å². The highest BCUT2D eigenvalue weighted by atomic mass is 16.5. The highest BCUT2D eigenvalue weighted by molar-refractivity contribution is 4.84. The van der Waals surface area contributed by atoms with Gasteiger partial charge in [0, 0.05) is 25.7 Å². The molecule has 0 aliphatic heterocycles. The van der Waals surface area contributed by atoms with E-state index in [1.807, 2.05) is 0 Å². The standard InChI is InChI=1S/C14H30N2O3/c1-16(14-6-4-3-5-13(14)15)7-8-18-11-12-19-10-9-17-2/h13-14H,3-12,15H2,1-2H3. The lowest BCUT2D eigenvalue weighted by atomic mass is 9.90. The summed E-state index contributed by atoms with van der Waals surface area (Å²) in [6, 6.07) is 0.853. The lowest BCUT2D eigenvalue weighted by Crippen LogP contribution is -2.48.